The van der Waals surface area contributed by atoms with Gasteiger partial charge in [-0.25, -0.2) is 0 Å². The summed E-state index contributed by atoms with van der Waals surface area (Å²) in [5.41, 5.74) is 18.2. The van der Waals surface area contributed by atoms with Gasteiger partial charge in [-0.15, -0.1) is 0 Å². The first kappa shape index (κ1) is 45.7. The molecule has 0 aliphatic carbocycles. The Bertz CT molecular complexity index is 4280. The highest BCUT2D eigenvalue weighted by atomic mass is 35.5. The molecule has 0 atom stereocenters. The van der Waals surface area contributed by atoms with E-state index in [1.54, 1.807) is 0 Å². The summed E-state index contributed by atoms with van der Waals surface area (Å²) in [7, 11) is 0. The maximum Gasteiger partial charge on any atom is 0.131 e. The number of aromatic nitrogens is 2. The van der Waals surface area contributed by atoms with Gasteiger partial charge in [0.1, 0.15) is 11.5 Å². The molecule has 2 heterocycles. The van der Waals surface area contributed by atoms with Crippen LogP contribution in [0.3, 0.4) is 0 Å². The van der Waals surface area contributed by atoms with Crippen LogP contribution in [0.5, 0.6) is 11.5 Å². The molecular weight excluding hydrogens is 958 g/mol. The maximum atomic E-state index is 7.37. The SMILES string of the molecule is Clc1cc(Oc2ccc(-c3ccccc3)cc2)cc(N(c2ccc(-c3ccccc3)cc2)c2c(-c3cccc4c5ccccc5n(-c5ccccc5)c34)cccc2-c2cccc3c4ccccc4n(-c4ccccc4)c23)c1. The Hall–Kier alpha value is -9.87. The maximum absolute atomic E-state index is 7.37. The third kappa shape index (κ3) is 8.20. The van der Waals surface area contributed by atoms with Crippen LogP contribution < -0.4 is 9.64 Å². The molecule has 5 heteroatoms. The van der Waals surface area contributed by atoms with Gasteiger partial charge in [-0.3, -0.25) is 0 Å². The van der Waals surface area contributed by atoms with E-state index in [9.17, 15) is 0 Å². The van der Waals surface area contributed by atoms with E-state index in [-0.39, 0.29) is 0 Å². The van der Waals surface area contributed by atoms with E-state index in [1.165, 1.54) is 21.5 Å². The van der Waals surface area contributed by atoms with Crippen molar-refractivity contribution in [2.75, 3.05) is 4.90 Å². The predicted molar refractivity (Wildman–Crippen MR) is 323 cm³/mol. The second-order valence-electron chi connectivity index (χ2n) is 19.4. The van der Waals surface area contributed by atoms with Crippen molar-refractivity contribution < 1.29 is 4.74 Å². The zero-order valence-electron chi connectivity index (χ0n) is 41.8. The third-order valence-electron chi connectivity index (χ3n) is 14.8. The molecule has 0 saturated carbocycles. The number of hydrogen-bond acceptors (Lipinski definition) is 2. The van der Waals surface area contributed by atoms with Crippen LogP contribution in [0.15, 0.2) is 291 Å². The van der Waals surface area contributed by atoms with E-state index in [0.717, 1.165) is 95.0 Å². The van der Waals surface area contributed by atoms with Gasteiger partial charge in [0, 0.05) is 71.9 Å². The second-order valence-corrected chi connectivity index (χ2v) is 19.8. The van der Waals surface area contributed by atoms with Crippen LogP contribution in [0.2, 0.25) is 5.02 Å². The number of para-hydroxylation sites is 7. The van der Waals surface area contributed by atoms with Gasteiger partial charge in [-0.05, 0) is 95.1 Å². The first-order chi connectivity index (χ1) is 38.1. The average Bonchev–Trinajstić information content (AvgIpc) is 4.16. The van der Waals surface area contributed by atoms with Gasteiger partial charge < -0.3 is 18.8 Å². The zero-order valence-corrected chi connectivity index (χ0v) is 42.6. The summed E-state index contributed by atoms with van der Waals surface area (Å²) in [4.78, 5) is 2.39. The molecule has 14 aromatic rings. The predicted octanol–water partition coefficient (Wildman–Crippen LogP) is 20.5. The van der Waals surface area contributed by atoms with E-state index in [4.69, 9.17) is 16.3 Å². The van der Waals surface area contributed by atoms with Crippen LogP contribution in [0.1, 0.15) is 0 Å². The number of nitrogens with zero attached hydrogens (tertiary/aromatic N) is 3. The monoisotopic (exact) mass is 1010 g/mol. The lowest BCUT2D eigenvalue weighted by atomic mass is 9.92. The minimum absolute atomic E-state index is 0.543. The lowest BCUT2D eigenvalue weighted by Gasteiger charge is -2.31. The molecule has 0 N–H and O–H groups in total. The average molecular weight is 1010 g/mol. The topological polar surface area (TPSA) is 22.3 Å². The van der Waals surface area contributed by atoms with Crippen molar-refractivity contribution >= 4 is 72.3 Å². The Balaban J connectivity index is 1.08. The molecule has 2 aromatic heterocycles. The number of rotatable bonds is 11. The highest BCUT2D eigenvalue weighted by Gasteiger charge is 2.28. The molecule has 14 rings (SSSR count). The van der Waals surface area contributed by atoms with Gasteiger partial charge in [0.15, 0.2) is 0 Å². The van der Waals surface area contributed by atoms with Gasteiger partial charge in [0.25, 0.3) is 0 Å². The van der Waals surface area contributed by atoms with Crippen molar-refractivity contribution in [3.05, 3.63) is 296 Å². The molecule has 0 unspecified atom stereocenters. The van der Waals surface area contributed by atoms with Crippen LogP contribution in [-0.2, 0) is 0 Å². The number of ether oxygens (including phenoxy) is 1. The van der Waals surface area contributed by atoms with Crippen molar-refractivity contribution in [1.82, 2.24) is 9.13 Å². The summed E-state index contributed by atoms with van der Waals surface area (Å²) < 4.78 is 11.7. The van der Waals surface area contributed by atoms with Crippen LogP contribution in [0, 0.1) is 0 Å². The molecule has 0 bridgehead atoms. The highest BCUT2D eigenvalue weighted by molar-refractivity contribution is 6.31. The first-order valence-electron chi connectivity index (χ1n) is 26.0. The molecular formula is C72H48ClN3O. The molecule has 12 aromatic carbocycles. The molecule has 0 radical (unpaired) electrons. The molecule has 0 saturated heterocycles. The van der Waals surface area contributed by atoms with Gasteiger partial charge in [0.2, 0.25) is 0 Å². The van der Waals surface area contributed by atoms with Crippen LogP contribution in [0.4, 0.5) is 17.1 Å². The molecule has 0 aliphatic heterocycles. The summed E-state index contributed by atoms with van der Waals surface area (Å²) in [5.74, 6) is 1.32. The van der Waals surface area contributed by atoms with Crippen molar-refractivity contribution in [3.8, 4) is 67.4 Å². The molecule has 0 aliphatic rings. The summed E-state index contributed by atoms with van der Waals surface area (Å²) in [6.07, 6.45) is 0. The van der Waals surface area contributed by atoms with E-state index >= 15 is 0 Å². The Kier molecular flexibility index (Phi) is 11.5. The van der Waals surface area contributed by atoms with Crippen molar-refractivity contribution in [2.24, 2.45) is 0 Å². The summed E-state index contributed by atoms with van der Waals surface area (Å²) in [6, 6.07) is 103. The van der Waals surface area contributed by atoms with E-state index in [2.05, 4.69) is 281 Å². The molecule has 77 heavy (non-hydrogen) atoms. The Morgan fingerprint density at radius 3 is 1.21 bits per heavy atom. The number of anilines is 3. The highest BCUT2D eigenvalue weighted by Crippen LogP contribution is 2.52. The number of benzene rings is 12. The number of hydrogen-bond donors (Lipinski definition) is 0. The minimum Gasteiger partial charge on any atom is -0.457 e. The van der Waals surface area contributed by atoms with Gasteiger partial charge >= 0.3 is 0 Å². The smallest absolute Gasteiger partial charge is 0.131 e. The lowest BCUT2D eigenvalue weighted by molar-refractivity contribution is 0.483. The molecule has 0 fully saturated rings. The molecule has 0 spiro atoms. The fourth-order valence-electron chi connectivity index (χ4n) is 11.4. The Labute approximate surface area is 452 Å². The molecule has 4 nitrogen and oxygen atoms in total. The van der Waals surface area contributed by atoms with Crippen LogP contribution in [-0.4, -0.2) is 9.13 Å². The van der Waals surface area contributed by atoms with Gasteiger partial charge in [0.05, 0.1) is 33.4 Å². The van der Waals surface area contributed by atoms with Crippen LogP contribution >= 0.6 is 11.6 Å². The lowest BCUT2D eigenvalue weighted by Crippen LogP contribution is -2.13. The second kappa shape index (κ2) is 19.4. The zero-order chi connectivity index (χ0) is 51.2. The normalized spacial score (nSPS) is 11.4. The largest absolute Gasteiger partial charge is 0.457 e. The quantitative estimate of drug-likeness (QED) is 0.129. The number of fused-ring (bicyclic) bond motifs is 6. The summed E-state index contributed by atoms with van der Waals surface area (Å²) >= 11 is 7.37. The first-order valence-corrected chi connectivity index (χ1v) is 26.4. The molecule has 364 valence electrons. The Morgan fingerprint density at radius 2 is 0.701 bits per heavy atom. The van der Waals surface area contributed by atoms with Crippen molar-refractivity contribution in [3.63, 3.8) is 0 Å². The van der Waals surface area contributed by atoms with E-state index in [1.807, 2.05) is 24.3 Å². The minimum atomic E-state index is 0.543. The fraction of sp³-hybridized carbons (Fsp3) is 0. The van der Waals surface area contributed by atoms with Crippen LogP contribution in [0.25, 0.3) is 99.5 Å². The number of halogens is 1. The standard InChI is InChI=1S/C72H48ClN3O/c73-53-46-57(48-59(47-53)77-58-44-40-52(41-45-58)50-22-7-2-8-23-50)74(56-42-38-51(39-43-56)49-20-5-1-6-21-49)70-64(66-34-17-30-62-60-28-13-15-36-68(60)75(71(62)66)54-24-9-3-10-25-54)32-19-33-65(70)67-35-18-31-63-61-29-14-16-37-69(61)76(72(63)67)55-26-11-4-12-27-55/h1-48H. The van der Waals surface area contributed by atoms with Crippen molar-refractivity contribution in [2.45, 2.75) is 0 Å². The van der Waals surface area contributed by atoms with Crippen molar-refractivity contribution in [1.29, 1.82) is 0 Å². The van der Waals surface area contributed by atoms with E-state index in [0.29, 0.717) is 16.5 Å². The fourth-order valence-corrected chi connectivity index (χ4v) is 11.7. The molecule has 0 amide bonds. The Morgan fingerprint density at radius 1 is 0.299 bits per heavy atom. The van der Waals surface area contributed by atoms with E-state index < -0.39 is 0 Å². The van der Waals surface area contributed by atoms with Gasteiger partial charge in [-0.2, -0.15) is 0 Å². The summed E-state index contributed by atoms with van der Waals surface area (Å²) in [5, 5.41) is 5.25. The summed E-state index contributed by atoms with van der Waals surface area (Å²) in [6.45, 7) is 0. The third-order valence-corrected chi connectivity index (χ3v) is 15.0. The van der Waals surface area contributed by atoms with Gasteiger partial charge in [-0.1, -0.05) is 224 Å².